The molecule has 0 heterocycles. The van der Waals surface area contributed by atoms with Gasteiger partial charge in [-0.25, -0.2) is 0 Å². The van der Waals surface area contributed by atoms with E-state index in [0.717, 1.165) is 6.07 Å². The van der Waals surface area contributed by atoms with Crippen molar-refractivity contribution >= 4 is 17.4 Å². The molecule has 4 heteroatoms. The summed E-state index contributed by atoms with van der Waals surface area (Å²) in [6, 6.07) is 2.36. The number of benzene rings is 1. The highest BCUT2D eigenvalue weighted by atomic mass is 35.5. The van der Waals surface area contributed by atoms with Gasteiger partial charge in [0.25, 0.3) is 0 Å². The average molecular weight is 215 g/mol. The summed E-state index contributed by atoms with van der Waals surface area (Å²) in [6.45, 7) is 1.87. The molecule has 0 saturated carbocycles. The fourth-order valence-corrected chi connectivity index (χ4v) is 1.30. The zero-order chi connectivity index (χ0) is 10.7. The molecule has 1 aromatic rings. The summed E-state index contributed by atoms with van der Waals surface area (Å²) in [5.74, 6) is -0.630. The first-order valence-corrected chi connectivity index (χ1v) is 4.68. The molecule has 1 aromatic carbocycles. The van der Waals surface area contributed by atoms with Crippen molar-refractivity contribution < 1.29 is 15.0 Å². The lowest BCUT2D eigenvalue weighted by Gasteiger charge is -2.04. The summed E-state index contributed by atoms with van der Waals surface area (Å²) in [6.07, 6.45) is 1.06. The maximum atomic E-state index is 11.4. The topological polar surface area (TPSA) is 57.5 Å². The summed E-state index contributed by atoms with van der Waals surface area (Å²) in [5, 5.41) is 18.6. The normalized spacial score (nSPS) is 10.1. The van der Waals surface area contributed by atoms with E-state index in [4.69, 9.17) is 16.7 Å². The Kier molecular flexibility index (Phi) is 3.36. The van der Waals surface area contributed by atoms with Gasteiger partial charge in [0.1, 0.15) is 11.5 Å². The lowest BCUT2D eigenvalue weighted by molar-refractivity contribution is 0.0979. The number of aromatic hydroxyl groups is 2. The molecule has 1 rings (SSSR count). The van der Waals surface area contributed by atoms with Gasteiger partial charge >= 0.3 is 0 Å². The Morgan fingerprint density at radius 1 is 1.36 bits per heavy atom. The van der Waals surface area contributed by atoms with Gasteiger partial charge in [-0.05, 0) is 12.5 Å². The van der Waals surface area contributed by atoms with Crippen LogP contribution in [0.5, 0.6) is 11.5 Å². The van der Waals surface area contributed by atoms with E-state index in [-0.39, 0.29) is 27.9 Å². The quantitative estimate of drug-likeness (QED) is 0.761. The van der Waals surface area contributed by atoms with E-state index in [9.17, 15) is 9.90 Å². The third kappa shape index (κ3) is 2.17. The summed E-state index contributed by atoms with van der Waals surface area (Å²) in [4.78, 5) is 11.4. The largest absolute Gasteiger partial charge is 0.507 e. The van der Waals surface area contributed by atoms with Crippen molar-refractivity contribution in [1.29, 1.82) is 0 Å². The molecule has 0 saturated heterocycles. The maximum Gasteiger partial charge on any atom is 0.166 e. The molecular formula is C10H11ClO3. The summed E-state index contributed by atoms with van der Waals surface area (Å²) in [5.41, 5.74) is 0.162. The van der Waals surface area contributed by atoms with Crippen LogP contribution < -0.4 is 0 Å². The van der Waals surface area contributed by atoms with Crippen molar-refractivity contribution in [2.75, 3.05) is 0 Å². The Hall–Kier alpha value is -1.22. The number of halogens is 1. The first-order chi connectivity index (χ1) is 6.56. The van der Waals surface area contributed by atoms with Gasteiger partial charge in [0.05, 0.1) is 10.6 Å². The van der Waals surface area contributed by atoms with Gasteiger partial charge in [0.2, 0.25) is 0 Å². The van der Waals surface area contributed by atoms with Crippen LogP contribution in [0.1, 0.15) is 30.1 Å². The van der Waals surface area contributed by atoms with Crippen LogP contribution in [0.2, 0.25) is 5.02 Å². The van der Waals surface area contributed by atoms with Crippen molar-refractivity contribution in [3.05, 3.63) is 22.7 Å². The predicted octanol–water partition coefficient (Wildman–Crippen LogP) is 2.73. The Balaban J connectivity index is 3.09. The molecule has 0 fully saturated rings. The Bertz CT molecular complexity index is 361. The van der Waals surface area contributed by atoms with Crippen LogP contribution in [0.3, 0.4) is 0 Å². The highest BCUT2D eigenvalue weighted by Crippen LogP contribution is 2.31. The monoisotopic (exact) mass is 214 g/mol. The van der Waals surface area contributed by atoms with E-state index in [0.29, 0.717) is 12.8 Å². The van der Waals surface area contributed by atoms with Crippen molar-refractivity contribution in [1.82, 2.24) is 0 Å². The molecule has 3 nitrogen and oxygen atoms in total. The van der Waals surface area contributed by atoms with E-state index < -0.39 is 0 Å². The second-order valence-electron chi connectivity index (χ2n) is 2.99. The number of Topliss-reactive ketones (excluding diaryl/α,β-unsaturated/α-hetero) is 1. The van der Waals surface area contributed by atoms with E-state index in [2.05, 4.69) is 0 Å². The molecule has 76 valence electrons. The first-order valence-electron chi connectivity index (χ1n) is 4.31. The van der Waals surface area contributed by atoms with E-state index in [1.165, 1.54) is 6.07 Å². The highest BCUT2D eigenvalue weighted by Gasteiger charge is 2.13. The number of ketones is 1. The number of phenolic OH excluding ortho intramolecular Hbond substituents is 2. The molecule has 0 unspecified atom stereocenters. The van der Waals surface area contributed by atoms with Crippen LogP contribution in [0.25, 0.3) is 0 Å². The summed E-state index contributed by atoms with van der Waals surface area (Å²) < 4.78 is 0. The second kappa shape index (κ2) is 4.33. The van der Waals surface area contributed by atoms with Crippen molar-refractivity contribution in [3.63, 3.8) is 0 Å². The van der Waals surface area contributed by atoms with Crippen LogP contribution in [-0.4, -0.2) is 16.0 Å². The van der Waals surface area contributed by atoms with Crippen LogP contribution in [0.4, 0.5) is 0 Å². The van der Waals surface area contributed by atoms with Crippen LogP contribution >= 0.6 is 11.6 Å². The molecule has 0 bridgehead atoms. The fourth-order valence-electron chi connectivity index (χ4n) is 1.14. The van der Waals surface area contributed by atoms with Gasteiger partial charge < -0.3 is 10.2 Å². The Labute approximate surface area is 86.9 Å². The molecule has 0 atom stereocenters. The summed E-state index contributed by atoms with van der Waals surface area (Å²) >= 11 is 5.62. The van der Waals surface area contributed by atoms with Gasteiger partial charge in [-0.1, -0.05) is 18.5 Å². The highest BCUT2D eigenvalue weighted by molar-refractivity contribution is 6.32. The third-order valence-electron chi connectivity index (χ3n) is 1.84. The van der Waals surface area contributed by atoms with E-state index in [1.54, 1.807) is 0 Å². The number of phenols is 2. The number of carbonyl (C=O) groups excluding carboxylic acids is 1. The van der Waals surface area contributed by atoms with E-state index >= 15 is 0 Å². The molecule has 0 aliphatic carbocycles. The van der Waals surface area contributed by atoms with Gasteiger partial charge in [0, 0.05) is 12.5 Å². The molecule has 0 radical (unpaired) electrons. The Morgan fingerprint density at radius 3 is 2.57 bits per heavy atom. The number of rotatable bonds is 3. The molecule has 0 aliphatic heterocycles. The smallest absolute Gasteiger partial charge is 0.166 e. The molecule has 0 aliphatic rings. The zero-order valence-corrected chi connectivity index (χ0v) is 8.51. The van der Waals surface area contributed by atoms with Crippen LogP contribution in [0.15, 0.2) is 12.1 Å². The molecule has 2 N–H and O–H groups in total. The molecule has 0 amide bonds. The predicted molar refractivity (Wildman–Crippen MR) is 54.0 cm³/mol. The molecule has 0 aromatic heterocycles. The number of carbonyl (C=O) groups is 1. The van der Waals surface area contributed by atoms with Gasteiger partial charge in [-0.2, -0.15) is 0 Å². The minimum absolute atomic E-state index is 0.0715. The maximum absolute atomic E-state index is 11.4. The lowest BCUT2D eigenvalue weighted by atomic mass is 10.1. The first kappa shape index (κ1) is 10.9. The minimum atomic E-state index is -0.231. The molecular weight excluding hydrogens is 204 g/mol. The fraction of sp³-hybridized carbons (Fsp3) is 0.300. The second-order valence-corrected chi connectivity index (χ2v) is 3.40. The number of hydrogen-bond donors (Lipinski definition) is 2. The lowest BCUT2D eigenvalue weighted by Crippen LogP contribution is -1.98. The van der Waals surface area contributed by atoms with Crippen molar-refractivity contribution in [2.24, 2.45) is 0 Å². The summed E-state index contributed by atoms with van der Waals surface area (Å²) in [7, 11) is 0. The molecule has 0 spiro atoms. The minimum Gasteiger partial charge on any atom is -0.507 e. The number of hydrogen-bond acceptors (Lipinski definition) is 3. The van der Waals surface area contributed by atoms with Gasteiger partial charge in [-0.3, -0.25) is 4.79 Å². The molecule has 14 heavy (non-hydrogen) atoms. The van der Waals surface area contributed by atoms with Crippen LogP contribution in [-0.2, 0) is 0 Å². The average Bonchev–Trinajstić information content (AvgIpc) is 2.11. The van der Waals surface area contributed by atoms with Crippen molar-refractivity contribution in [2.45, 2.75) is 19.8 Å². The standard InChI is InChI=1S/C10H11ClO3/c1-2-3-8(12)6-4-7(11)10(14)5-9(6)13/h4-5,13-14H,2-3H2,1H3. The Morgan fingerprint density at radius 2 is 2.00 bits per heavy atom. The van der Waals surface area contributed by atoms with Crippen molar-refractivity contribution in [3.8, 4) is 11.5 Å². The SMILES string of the molecule is CCCC(=O)c1cc(Cl)c(O)cc1O. The van der Waals surface area contributed by atoms with Crippen LogP contribution in [0, 0.1) is 0 Å². The van der Waals surface area contributed by atoms with Gasteiger partial charge in [0.15, 0.2) is 5.78 Å². The van der Waals surface area contributed by atoms with E-state index in [1.807, 2.05) is 6.92 Å². The third-order valence-corrected chi connectivity index (χ3v) is 2.15. The zero-order valence-electron chi connectivity index (χ0n) is 7.75. The van der Waals surface area contributed by atoms with Gasteiger partial charge in [-0.15, -0.1) is 0 Å².